The van der Waals surface area contributed by atoms with Gasteiger partial charge in [0.1, 0.15) is 12.2 Å². The van der Waals surface area contributed by atoms with E-state index in [1.54, 1.807) is 6.33 Å². The Bertz CT molecular complexity index is 741. The Morgan fingerprint density at radius 1 is 1.30 bits per heavy atom. The average Bonchev–Trinajstić information content (AvgIpc) is 3.07. The molecule has 0 fully saturated rings. The molecule has 3 rings (SSSR count). The second kappa shape index (κ2) is 5.28. The van der Waals surface area contributed by atoms with Crippen molar-refractivity contribution < 1.29 is 4.79 Å². The van der Waals surface area contributed by atoms with Crippen LogP contribution in [0.4, 0.5) is 0 Å². The molecule has 0 aliphatic heterocycles. The number of hydrogen-bond donors (Lipinski definition) is 0. The number of rotatable bonds is 5. The van der Waals surface area contributed by atoms with E-state index >= 15 is 0 Å². The van der Waals surface area contributed by atoms with Gasteiger partial charge in [0, 0.05) is 29.2 Å². The van der Waals surface area contributed by atoms with Crippen LogP contribution in [0.1, 0.15) is 29.5 Å². The van der Waals surface area contributed by atoms with Crippen LogP contribution >= 0.6 is 0 Å². The fraction of sp³-hybridized carbons (Fsp3) is 0.267. The normalized spacial score (nSPS) is 11.1. The summed E-state index contributed by atoms with van der Waals surface area (Å²) in [6.45, 7) is 3.65. The zero-order chi connectivity index (χ0) is 13.9. The molecule has 5 heteroatoms. The molecule has 0 atom stereocenters. The van der Waals surface area contributed by atoms with Crippen LogP contribution < -0.4 is 0 Å². The van der Waals surface area contributed by atoms with Crippen LogP contribution in [-0.2, 0) is 13.1 Å². The topological polar surface area (TPSA) is 52.7 Å². The Hall–Kier alpha value is -2.43. The SMILES string of the molecule is CCCn1ncnc1Cn1ccc2c(C=O)cccc21. The lowest BCUT2D eigenvalue weighted by molar-refractivity contribution is 0.112. The van der Waals surface area contributed by atoms with Crippen molar-refractivity contribution in [2.24, 2.45) is 0 Å². The quantitative estimate of drug-likeness (QED) is 0.668. The van der Waals surface area contributed by atoms with Gasteiger partial charge in [-0.3, -0.25) is 4.79 Å². The predicted octanol–water partition coefficient (Wildman–Crippen LogP) is 2.50. The molecule has 1 aromatic carbocycles. The maximum absolute atomic E-state index is 11.1. The first-order chi connectivity index (χ1) is 9.83. The van der Waals surface area contributed by atoms with Gasteiger partial charge in [-0.1, -0.05) is 19.1 Å². The molecule has 0 unspecified atom stereocenters. The molecular weight excluding hydrogens is 252 g/mol. The summed E-state index contributed by atoms with van der Waals surface area (Å²) in [6, 6.07) is 7.72. The molecule has 2 aromatic heterocycles. The number of fused-ring (bicyclic) bond motifs is 1. The summed E-state index contributed by atoms with van der Waals surface area (Å²) in [6.07, 6.45) is 5.50. The number of carbonyl (C=O) groups excluding carboxylic acids is 1. The summed E-state index contributed by atoms with van der Waals surface area (Å²) in [4.78, 5) is 15.4. The molecule has 0 bridgehead atoms. The van der Waals surface area contributed by atoms with Crippen molar-refractivity contribution >= 4 is 17.2 Å². The first-order valence-corrected chi connectivity index (χ1v) is 6.73. The number of aromatic nitrogens is 4. The first-order valence-electron chi connectivity index (χ1n) is 6.73. The molecule has 102 valence electrons. The Labute approximate surface area is 116 Å². The van der Waals surface area contributed by atoms with E-state index in [9.17, 15) is 4.79 Å². The molecule has 0 radical (unpaired) electrons. The molecule has 20 heavy (non-hydrogen) atoms. The van der Waals surface area contributed by atoms with Crippen molar-refractivity contribution in [1.82, 2.24) is 19.3 Å². The fourth-order valence-electron chi connectivity index (χ4n) is 2.45. The van der Waals surface area contributed by atoms with Gasteiger partial charge in [0.2, 0.25) is 0 Å². The summed E-state index contributed by atoms with van der Waals surface area (Å²) in [5, 5.41) is 5.21. The molecule has 0 aliphatic carbocycles. The lowest BCUT2D eigenvalue weighted by Crippen LogP contribution is -2.09. The van der Waals surface area contributed by atoms with Gasteiger partial charge in [-0.2, -0.15) is 5.10 Å². The summed E-state index contributed by atoms with van der Waals surface area (Å²) in [5.41, 5.74) is 1.76. The van der Waals surface area contributed by atoms with Crippen molar-refractivity contribution in [3.05, 3.63) is 48.2 Å². The van der Waals surface area contributed by atoms with E-state index in [0.29, 0.717) is 6.54 Å². The molecule has 2 heterocycles. The minimum atomic E-state index is 0.659. The molecule has 0 aliphatic rings. The second-order valence-electron chi connectivity index (χ2n) is 4.74. The fourth-order valence-corrected chi connectivity index (χ4v) is 2.45. The Morgan fingerprint density at radius 3 is 3.00 bits per heavy atom. The molecule has 0 amide bonds. The van der Waals surface area contributed by atoms with Gasteiger partial charge in [0.15, 0.2) is 6.29 Å². The highest BCUT2D eigenvalue weighted by Gasteiger charge is 2.08. The molecule has 0 spiro atoms. The van der Waals surface area contributed by atoms with Gasteiger partial charge in [0.05, 0.1) is 6.54 Å². The third-order valence-corrected chi connectivity index (χ3v) is 3.42. The number of hydrogen-bond acceptors (Lipinski definition) is 3. The van der Waals surface area contributed by atoms with Gasteiger partial charge in [-0.25, -0.2) is 9.67 Å². The van der Waals surface area contributed by atoms with Crippen LogP contribution in [0.2, 0.25) is 0 Å². The molecule has 3 aromatic rings. The maximum atomic E-state index is 11.1. The van der Waals surface area contributed by atoms with Gasteiger partial charge in [0.25, 0.3) is 0 Å². The van der Waals surface area contributed by atoms with Gasteiger partial charge < -0.3 is 4.57 Å². The van der Waals surface area contributed by atoms with Crippen LogP contribution in [0.3, 0.4) is 0 Å². The first kappa shape index (κ1) is 12.6. The minimum absolute atomic E-state index is 0.659. The van der Waals surface area contributed by atoms with Crippen LogP contribution in [0.25, 0.3) is 10.9 Å². The molecule has 0 N–H and O–H groups in total. The summed E-state index contributed by atoms with van der Waals surface area (Å²) in [5.74, 6) is 0.931. The van der Waals surface area contributed by atoms with Crippen molar-refractivity contribution in [2.45, 2.75) is 26.4 Å². The number of aldehydes is 1. The van der Waals surface area contributed by atoms with Crippen molar-refractivity contribution in [3.63, 3.8) is 0 Å². The number of carbonyl (C=O) groups is 1. The van der Waals surface area contributed by atoms with E-state index in [2.05, 4.69) is 21.6 Å². The van der Waals surface area contributed by atoms with E-state index in [4.69, 9.17) is 0 Å². The van der Waals surface area contributed by atoms with Crippen molar-refractivity contribution in [1.29, 1.82) is 0 Å². The highest BCUT2D eigenvalue weighted by atomic mass is 16.1. The van der Waals surface area contributed by atoms with E-state index in [-0.39, 0.29) is 0 Å². The van der Waals surface area contributed by atoms with Crippen molar-refractivity contribution in [2.75, 3.05) is 0 Å². The number of aryl methyl sites for hydroxylation is 1. The van der Waals surface area contributed by atoms with E-state index < -0.39 is 0 Å². The molecular formula is C15H16N4O. The lowest BCUT2D eigenvalue weighted by Gasteiger charge is -2.07. The largest absolute Gasteiger partial charge is 0.340 e. The third-order valence-electron chi connectivity index (χ3n) is 3.42. The monoisotopic (exact) mass is 268 g/mol. The number of nitrogens with zero attached hydrogens (tertiary/aromatic N) is 4. The lowest BCUT2D eigenvalue weighted by atomic mass is 10.1. The standard InChI is InChI=1S/C15H16N4O/c1-2-7-19-15(16-11-17-19)9-18-8-6-13-12(10-20)4-3-5-14(13)18/h3-6,8,10-11H,2,7,9H2,1H3. The van der Waals surface area contributed by atoms with Crippen LogP contribution in [0, 0.1) is 0 Å². The van der Waals surface area contributed by atoms with E-state index in [1.165, 1.54) is 0 Å². The summed E-state index contributed by atoms with van der Waals surface area (Å²) >= 11 is 0. The van der Waals surface area contributed by atoms with Crippen molar-refractivity contribution in [3.8, 4) is 0 Å². The van der Waals surface area contributed by atoms with Gasteiger partial charge in [-0.05, 0) is 18.6 Å². The zero-order valence-electron chi connectivity index (χ0n) is 11.4. The summed E-state index contributed by atoms with van der Waals surface area (Å²) < 4.78 is 4.02. The zero-order valence-corrected chi connectivity index (χ0v) is 11.4. The average molecular weight is 268 g/mol. The maximum Gasteiger partial charge on any atom is 0.150 e. The minimum Gasteiger partial charge on any atom is -0.340 e. The smallest absolute Gasteiger partial charge is 0.150 e. The Kier molecular flexibility index (Phi) is 3.33. The third kappa shape index (κ3) is 2.11. The Balaban J connectivity index is 1.99. The Morgan fingerprint density at radius 2 is 2.20 bits per heavy atom. The van der Waals surface area contributed by atoms with Crippen LogP contribution in [0.15, 0.2) is 36.8 Å². The highest BCUT2D eigenvalue weighted by molar-refractivity contribution is 5.97. The molecule has 0 saturated carbocycles. The molecule has 5 nitrogen and oxygen atoms in total. The van der Waals surface area contributed by atoms with Crippen LogP contribution in [0.5, 0.6) is 0 Å². The summed E-state index contributed by atoms with van der Waals surface area (Å²) in [7, 11) is 0. The van der Waals surface area contributed by atoms with Crippen LogP contribution in [-0.4, -0.2) is 25.6 Å². The second-order valence-corrected chi connectivity index (χ2v) is 4.74. The number of benzene rings is 1. The van der Waals surface area contributed by atoms with E-state index in [1.807, 2.05) is 35.1 Å². The predicted molar refractivity (Wildman–Crippen MR) is 76.7 cm³/mol. The van der Waals surface area contributed by atoms with Gasteiger partial charge in [-0.15, -0.1) is 0 Å². The van der Waals surface area contributed by atoms with E-state index in [0.717, 1.165) is 41.5 Å². The van der Waals surface area contributed by atoms with Gasteiger partial charge >= 0.3 is 0 Å². The highest BCUT2D eigenvalue weighted by Crippen LogP contribution is 2.19. The molecule has 0 saturated heterocycles.